The van der Waals surface area contributed by atoms with Crippen molar-refractivity contribution < 1.29 is 19.5 Å². The van der Waals surface area contributed by atoms with Gasteiger partial charge in [-0.05, 0) is 23.1 Å². The van der Waals surface area contributed by atoms with Crippen LogP contribution in [0.4, 0.5) is 0 Å². The number of carbonyl (C=O) groups is 3. The lowest BCUT2D eigenvalue weighted by Gasteiger charge is -2.23. The predicted octanol–water partition coefficient (Wildman–Crippen LogP) is 3.59. The summed E-state index contributed by atoms with van der Waals surface area (Å²) in [5.41, 5.74) is 3.31. The minimum Gasteiger partial charge on any atom is -0.480 e. The van der Waals surface area contributed by atoms with Gasteiger partial charge < -0.3 is 10.4 Å². The van der Waals surface area contributed by atoms with E-state index in [1.807, 2.05) is 30.3 Å². The van der Waals surface area contributed by atoms with Crippen molar-refractivity contribution in [2.24, 2.45) is 0 Å². The van der Waals surface area contributed by atoms with Crippen LogP contribution in [0.3, 0.4) is 0 Å². The molecule has 2 aromatic carbocycles. The Morgan fingerprint density at radius 1 is 1.00 bits per heavy atom. The normalized spacial score (nSPS) is 16.4. The molecule has 0 saturated carbocycles. The van der Waals surface area contributed by atoms with E-state index >= 15 is 0 Å². The average molecular weight is 394 g/mol. The molecule has 0 saturated heterocycles. The molecule has 5 nitrogen and oxygen atoms in total. The number of hydrogen-bond donors (Lipinski definition) is 2. The predicted molar refractivity (Wildman–Crippen MR) is 105 cm³/mol. The minimum absolute atomic E-state index is 0.162. The molecule has 2 aliphatic carbocycles. The molecule has 4 rings (SSSR count). The van der Waals surface area contributed by atoms with Crippen molar-refractivity contribution in [2.75, 3.05) is 0 Å². The summed E-state index contributed by atoms with van der Waals surface area (Å²) < 4.78 is 0. The van der Waals surface area contributed by atoms with Crippen molar-refractivity contribution >= 4 is 34.7 Å². The number of hydrogen-bond acceptors (Lipinski definition) is 4. The van der Waals surface area contributed by atoms with Crippen molar-refractivity contribution in [1.82, 2.24) is 5.32 Å². The summed E-state index contributed by atoms with van der Waals surface area (Å²) in [7, 11) is 0. The van der Waals surface area contributed by atoms with Gasteiger partial charge in [-0.25, -0.2) is 4.79 Å². The third kappa shape index (κ3) is 3.04. The highest BCUT2D eigenvalue weighted by Crippen LogP contribution is 2.32. The van der Waals surface area contributed by atoms with Crippen LogP contribution in [-0.2, 0) is 11.2 Å². The molecule has 2 aromatic rings. The van der Waals surface area contributed by atoms with Gasteiger partial charge in [-0.3, -0.25) is 9.59 Å². The van der Waals surface area contributed by atoms with Crippen molar-refractivity contribution in [2.45, 2.75) is 18.9 Å². The van der Waals surface area contributed by atoms with Crippen LogP contribution in [0, 0.1) is 0 Å². The first kappa shape index (κ1) is 18.2. The Morgan fingerprint density at radius 2 is 1.61 bits per heavy atom. The molecule has 28 heavy (non-hydrogen) atoms. The molecule has 0 bridgehead atoms. The van der Waals surface area contributed by atoms with E-state index in [0.29, 0.717) is 0 Å². The first-order valence-electron chi connectivity index (χ1n) is 8.82. The average Bonchev–Trinajstić information content (AvgIpc) is 3.11. The fraction of sp³-hybridized carbons (Fsp3) is 0.136. The van der Waals surface area contributed by atoms with Crippen LogP contribution in [0.25, 0.3) is 5.57 Å². The molecule has 2 aliphatic rings. The third-order valence-corrected chi connectivity index (χ3v) is 5.40. The Hall–Kier alpha value is -3.18. The van der Waals surface area contributed by atoms with Gasteiger partial charge >= 0.3 is 5.97 Å². The number of carboxylic acid groups (broad SMARTS) is 1. The molecule has 0 amide bonds. The summed E-state index contributed by atoms with van der Waals surface area (Å²) in [5.74, 6) is -2.09. The maximum absolute atomic E-state index is 12.8. The van der Waals surface area contributed by atoms with Crippen molar-refractivity contribution in [3.63, 3.8) is 0 Å². The number of rotatable bonds is 5. The zero-order chi connectivity index (χ0) is 19.8. The van der Waals surface area contributed by atoms with Gasteiger partial charge in [0.15, 0.2) is 0 Å². The number of benzene rings is 2. The zero-order valence-electron chi connectivity index (χ0n) is 14.7. The van der Waals surface area contributed by atoms with E-state index in [2.05, 4.69) is 5.32 Å². The van der Waals surface area contributed by atoms with E-state index < -0.39 is 23.6 Å². The van der Waals surface area contributed by atoms with Gasteiger partial charge in [0, 0.05) is 17.5 Å². The van der Waals surface area contributed by atoms with Gasteiger partial charge in [0.2, 0.25) is 11.6 Å². The molecule has 0 aromatic heterocycles. The van der Waals surface area contributed by atoms with Crippen LogP contribution >= 0.6 is 11.6 Å². The summed E-state index contributed by atoms with van der Waals surface area (Å²) in [5, 5.41) is 12.1. The monoisotopic (exact) mass is 393 g/mol. The number of carboxylic acids is 1. The zero-order valence-corrected chi connectivity index (χ0v) is 15.5. The number of aliphatic carboxylic acids is 1. The highest BCUT2D eigenvalue weighted by atomic mass is 35.5. The Bertz CT molecular complexity index is 1080. The van der Waals surface area contributed by atoms with Gasteiger partial charge in [0.25, 0.3) is 0 Å². The third-order valence-electron chi connectivity index (χ3n) is 5.03. The Balaban J connectivity index is 1.63. The van der Waals surface area contributed by atoms with Crippen molar-refractivity contribution in [3.05, 3.63) is 87.6 Å². The molecular formula is C22H16ClNO4. The lowest BCUT2D eigenvalue weighted by molar-refractivity contribution is -0.139. The van der Waals surface area contributed by atoms with E-state index in [0.717, 1.165) is 23.1 Å². The van der Waals surface area contributed by atoms with Crippen LogP contribution in [0.2, 0.25) is 0 Å². The summed E-state index contributed by atoms with van der Waals surface area (Å²) in [6.07, 6.45) is 2.90. The van der Waals surface area contributed by atoms with Gasteiger partial charge in [-0.15, -0.1) is 0 Å². The quantitative estimate of drug-likeness (QED) is 0.811. The minimum atomic E-state index is -1.12. The SMILES string of the molecule is O=C1C(Cl)=C(NC(CC2=CCc3ccccc32)C(=O)O)C(=O)c2ccccc21. The molecule has 0 fully saturated rings. The van der Waals surface area contributed by atoms with Gasteiger partial charge in [-0.1, -0.05) is 66.2 Å². The van der Waals surface area contributed by atoms with E-state index in [1.54, 1.807) is 12.1 Å². The number of halogens is 1. The van der Waals surface area contributed by atoms with Crippen LogP contribution < -0.4 is 5.32 Å². The first-order chi connectivity index (χ1) is 13.5. The maximum atomic E-state index is 12.8. The summed E-state index contributed by atoms with van der Waals surface area (Å²) >= 11 is 6.14. The second-order valence-corrected chi connectivity index (χ2v) is 7.10. The standard InChI is InChI=1S/C22H16ClNO4/c23-18-19(21(26)16-8-4-3-7-15(16)20(18)25)24-17(22(27)28)11-13-10-9-12-5-1-2-6-14(12)13/h1-8,10,17,24H,9,11H2,(H,27,28). The summed E-state index contributed by atoms with van der Waals surface area (Å²) in [6, 6.07) is 13.1. The maximum Gasteiger partial charge on any atom is 0.326 e. The largest absolute Gasteiger partial charge is 0.480 e. The molecule has 1 atom stereocenters. The molecule has 2 N–H and O–H groups in total. The van der Waals surface area contributed by atoms with Gasteiger partial charge in [-0.2, -0.15) is 0 Å². The summed E-state index contributed by atoms with van der Waals surface area (Å²) in [6.45, 7) is 0. The molecule has 6 heteroatoms. The number of allylic oxidation sites excluding steroid dienone is 3. The topological polar surface area (TPSA) is 83.5 Å². The fourth-order valence-electron chi connectivity index (χ4n) is 3.62. The number of nitrogens with one attached hydrogen (secondary N) is 1. The molecule has 1 unspecified atom stereocenters. The number of carbonyl (C=O) groups excluding carboxylic acids is 2. The van der Waals surface area contributed by atoms with E-state index in [1.165, 1.54) is 12.1 Å². The van der Waals surface area contributed by atoms with Crippen LogP contribution in [0.15, 0.2) is 65.3 Å². The van der Waals surface area contributed by atoms with Crippen LogP contribution in [-0.4, -0.2) is 28.7 Å². The smallest absolute Gasteiger partial charge is 0.326 e. The number of fused-ring (bicyclic) bond motifs is 2. The van der Waals surface area contributed by atoms with Crippen LogP contribution in [0.5, 0.6) is 0 Å². The summed E-state index contributed by atoms with van der Waals surface area (Å²) in [4.78, 5) is 37.2. The fourth-order valence-corrected chi connectivity index (χ4v) is 3.86. The lowest BCUT2D eigenvalue weighted by Crippen LogP contribution is -2.40. The highest BCUT2D eigenvalue weighted by Gasteiger charge is 2.34. The lowest BCUT2D eigenvalue weighted by atomic mass is 9.91. The molecule has 0 aliphatic heterocycles. The van der Waals surface area contributed by atoms with E-state index in [4.69, 9.17) is 11.6 Å². The van der Waals surface area contributed by atoms with Crippen LogP contribution in [0.1, 0.15) is 38.3 Å². The highest BCUT2D eigenvalue weighted by molar-refractivity contribution is 6.49. The van der Waals surface area contributed by atoms with Crippen molar-refractivity contribution in [1.29, 1.82) is 0 Å². The van der Waals surface area contributed by atoms with Gasteiger partial charge in [0.1, 0.15) is 16.8 Å². The molecule has 0 spiro atoms. The number of ketones is 2. The van der Waals surface area contributed by atoms with E-state index in [9.17, 15) is 19.5 Å². The number of Topliss-reactive ketones (excluding diaryl/α,β-unsaturated/α-hetero) is 2. The Morgan fingerprint density at radius 3 is 2.29 bits per heavy atom. The molecule has 0 heterocycles. The molecule has 0 radical (unpaired) electrons. The molecular weight excluding hydrogens is 378 g/mol. The van der Waals surface area contributed by atoms with Crippen molar-refractivity contribution in [3.8, 4) is 0 Å². The first-order valence-corrected chi connectivity index (χ1v) is 9.20. The van der Waals surface area contributed by atoms with E-state index in [-0.39, 0.29) is 28.3 Å². The van der Waals surface area contributed by atoms with Gasteiger partial charge in [0.05, 0.1) is 0 Å². The molecule has 140 valence electrons. The second kappa shape index (κ2) is 7.09. The second-order valence-electron chi connectivity index (χ2n) is 6.72. The Labute approximate surface area is 166 Å². The Kier molecular flexibility index (Phi) is 4.61.